The summed E-state index contributed by atoms with van der Waals surface area (Å²) in [5, 5.41) is 19.0. The lowest BCUT2D eigenvalue weighted by molar-refractivity contribution is 0.0147. The zero-order chi connectivity index (χ0) is 9.47. The Morgan fingerprint density at radius 1 is 1.31 bits per heavy atom. The molecule has 0 aromatic rings. The molecule has 2 nitrogen and oxygen atoms in total. The molecule has 2 aliphatic rings. The summed E-state index contributed by atoms with van der Waals surface area (Å²) in [4.78, 5) is 0. The molecule has 0 amide bonds. The summed E-state index contributed by atoms with van der Waals surface area (Å²) in [6.07, 6.45) is 7.28. The van der Waals surface area contributed by atoms with Crippen LogP contribution in [0.15, 0.2) is 12.2 Å². The third-order valence-electron chi connectivity index (χ3n) is 3.73. The van der Waals surface area contributed by atoms with E-state index in [4.69, 9.17) is 0 Å². The summed E-state index contributed by atoms with van der Waals surface area (Å²) in [6, 6.07) is 0. The zero-order valence-corrected chi connectivity index (χ0v) is 8.11. The fourth-order valence-corrected chi connectivity index (χ4v) is 2.68. The SMILES string of the molecule is CC12C=CC(O)CC1CC(O)CC2. The lowest BCUT2D eigenvalue weighted by Gasteiger charge is -2.44. The standard InChI is InChI=1S/C11H18O2/c1-11-4-2-9(12)6-8(11)7-10(13)3-5-11/h2,4,8-10,12-13H,3,5-7H2,1H3. The number of hydrogen-bond donors (Lipinski definition) is 2. The molecule has 0 aliphatic heterocycles. The van der Waals surface area contributed by atoms with E-state index >= 15 is 0 Å². The van der Waals surface area contributed by atoms with Gasteiger partial charge in [0.25, 0.3) is 0 Å². The van der Waals surface area contributed by atoms with Crippen LogP contribution in [0.1, 0.15) is 32.6 Å². The Hall–Kier alpha value is -0.340. The van der Waals surface area contributed by atoms with E-state index in [1.807, 2.05) is 6.08 Å². The highest BCUT2D eigenvalue weighted by Gasteiger charge is 2.40. The predicted octanol–water partition coefficient (Wildman–Crippen LogP) is 1.47. The van der Waals surface area contributed by atoms with E-state index in [2.05, 4.69) is 13.0 Å². The molecule has 2 rings (SSSR count). The van der Waals surface area contributed by atoms with Crippen LogP contribution in [0.4, 0.5) is 0 Å². The molecule has 13 heavy (non-hydrogen) atoms. The molecule has 2 aliphatic carbocycles. The van der Waals surface area contributed by atoms with Crippen molar-refractivity contribution in [3.63, 3.8) is 0 Å². The lowest BCUT2D eigenvalue weighted by Crippen LogP contribution is -2.39. The molecule has 2 heteroatoms. The van der Waals surface area contributed by atoms with E-state index in [-0.39, 0.29) is 17.6 Å². The van der Waals surface area contributed by atoms with Gasteiger partial charge in [-0.15, -0.1) is 0 Å². The van der Waals surface area contributed by atoms with Crippen molar-refractivity contribution in [2.24, 2.45) is 11.3 Å². The van der Waals surface area contributed by atoms with Gasteiger partial charge in [0.2, 0.25) is 0 Å². The molecule has 1 fully saturated rings. The van der Waals surface area contributed by atoms with E-state index in [0.717, 1.165) is 25.7 Å². The van der Waals surface area contributed by atoms with Crippen LogP contribution in [0, 0.1) is 11.3 Å². The Morgan fingerprint density at radius 3 is 2.85 bits per heavy atom. The van der Waals surface area contributed by atoms with Crippen LogP contribution < -0.4 is 0 Å². The summed E-state index contributed by atoms with van der Waals surface area (Å²) >= 11 is 0. The Morgan fingerprint density at radius 2 is 2.08 bits per heavy atom. The minimum atomic E-state index is -0.289. The van der Waals surface area contributed by atoms with Crippen molar-refractivity contribution in [3.05, 3.63) is 12.2 Å². The molecule has 1 saturated carbocycles. The van der Waals surface area contributed by atoms with Gasteiger partial charge in [0.15, 0.2) is 0 Å². The zero-order valence-electron chi connectivity index (χ0n) is 8.11. The Labute approximate surface area is 79.3 Å². The summed E-state index contributed by atoms with van der Waals surface area (Å²) < 4.78 is 0. The maximum absolute atomic E-state index is 9.54. The van der Waals surface area contributed by atoms with Crippen LogP contribution in [0.2, 0.25) is 0 Å². The Balaban J connectivity index is 2.17. The summed E-state index contributed by atoms with van der Waals surface area (Å²) in [7, 11) is 0. The molecule has 4 unspecified atom stereocenters. The van der Waals surface area contributed by atoms with E-state index in [9.17, 15) is 10.2 Å². The fraction of sp³-hybridized carbons (Fsp3) is 0.818. The van der Waals surface area contributed by atoms with Crippen LogP contribution in [0.3, 0.4) is 0 Å². The molecule has 74 valence electrons. The number of hydrogen-bond acceptors (Lipinski definition) is 2. The molecule has 0 spiro atoms. The molecule has 0 aromatic carbocycles. The maximum atomic E-state index is 9.54. The third kappa shape index (κ3) is 1.65. The first-order chi connectivity index (χ1) is 6.10. The van der Waals surface area contributed by atoms with E-state index < -0.39 is 0 Å². The summed E-state index contributed by atoms with van der Waals surface area (Å²) in [5.41, 5.74) is 0.235. The molecule has 0 aromatic heterocycles. The molecule has 0 saturated heterocycles. The average Bonchev–Trinajstić information content (AvgIpc) is 2.08. The van der Waals surface area contributed by atoms with Crippen LogP contribution in [-0.2, 0) is 0 Å². The van der Waals surface area contributed by atoms with Crippen molar-refractivity contribution in [1.29, 1.82) is 0 Å². The van der Waals surface area contributed by atoms with Gasteiger partial charge >= 0.3 is 0 Å². The molecule has 0 bridgehead atoms. The van der Waals surface area contributed by atoms with Gasteiger partial charge in [0, 0.05) is 0 Å². The largest absolute Gasteiger partial charge is 0.393 e. The molecular formula is C11H18O2. The first-order valence-electron chi connectivity index (χ1n) is 5.16. The van der Waals surface area contributed by atoms with Gasteiger partial charge in [-0.05, 0) is 37.0 Å². The molecule has 2 N–H and O–H groups in total. The van der Waals surface area contributed by atoms with Crippen LogP contribution in [0.5, 0.6) is 0 Å². The number of rotatable bonds is 0. The lowest BCUT2D eigenvalue weighted by atomic mass is 9.62. The monoisotopic (exact) mass is 182 g/mol. The molecule has 0 heterocycles. The highest BCUT2D eigenvalue weighted by atomic mass is 16.3. The Kier molecular flexibility index (Phi) is 2.20. The van der Waals surface area contributed by atoms with Crippen molar-refractivity contribution in [2.75, 3.05) is 0 Å². The van der Waals surface area contributed by atoms with Crippen molar-refractivity contribution in [2.45, 2.75) is 44.8 Å². The highest BCUT2D eigenvalue weighted by Crippen LogP contribution is 2.46. The third-order valence-corrected chi connectivity index (χ3v) is 3.73. The topological polar surface area (TPSA) is 40.5 Å². The van der Waals surface area contributed by atoms with Crippen molar-refractivity contribution in [3.8, 4) is 0 Å². The smallest absolute Gasteiger partial charge is 0.0724 e. The van der Waals surface area contributed by atoms with Gasteiger partial charge in [0.1, 0.15) is 0 Å². The van der Waals surface area contributed by atoms with Crippen molar-refractivity contribution < 1.29 is 10.2 Å². The minimum absolute atomic E-state index is 0.142. The maximum Gasteiger partial charge on any atom is 0.0724 e. The van der Waals surface area contributed by atoms with Crippen LogP contribution in [-0.4, -0.2) is 22.4 Å². The van der Waals surface area contributed by atoms with E-state index in [1.165, 1.54) is 0 Å². The molecular weight excluding hydrogens is 164 g/mol. The fourth-order valence-electron chi connectivity index (χ4n) is 2.68. The normalized spacial score (nSPS) is 50.2. The highest BCUT2D eigenvalue weighted by molar-refractivity contribution is 5.10. The summed E-state index contributed by atoms with van der Waals surface area (Å²) in [6.45, 7) is 2.24. The molecule has 4 atom stereocenters. The minimum Gasteiger partial charge on any atom is -0.393 e. The second kappa shape index (κ2) is 3.10. The van der Waals surface area contributed by atoms with E-state index in [0.29, 0.717) is 5.92 Å². The van der Waals surface area contributed by atoms with Crippen molar-refractivity contribution >= 4 is 0 Å². The number of allylic oxidation sites excluding steroid dienone is 1. The number of aliphatic hydroxyl groups excluding tert-OH is 2. The van der Waals surface area contributed by atoms with Gasteiger partial charge in [-0.2, -0.15) is 0 Å². The van der Waals surface area contributed by atoms with E-state index in [1.54, 1.807) is 0 Å². The van der Waals surface area contributed by atoms with Gasteiger partial charge < -0.3 is 10.2 Å². The predicted molar refractivity (Wildman–Crippen MR) is 51.2 cm³/mol. The van der Waals surface area contributed by atoms with Crippen LogP contribution in [0.25, 0.3) is 0 Å². The first kappa shape index (κ1) is 9.22. The van der Waals surface area contributed by atoms with Gasteiger partial charge in [0.05, 0.1) is 12.2 Å². The summed E-state index contributed by atoms with van der Waals surface area (Å²) in [5.74, 6) is 0.469. The second-order valence-electron chi connectivity index (χ2n) is 4.79. The van der Waals surface area contributed by atoms with Crippen molar-refractivity contribution in [1.82, 2.24) is 0 Å². The number of aliphatic hydroxyl groups is 2. The first-order valence-corrected chi connectivity index (χ1v) is 5.16. The van der Waals surface area contributed by atoms with Crippen LogP contribution >= 0.6 is 0 Å². The average molecular weight is 182 g/mol. The van der Waals surface area contributed by atoms with Gasteiger partial charge in [-0.3, -0.25) is 0 Å². The Bertz CT molecular complexity index is 224. The number of fused-ring (bicyclic) bond motifs is 1. The van der Waals surface area contributed by atoms with Gasteiger partial charge in [-0.1, -0.05) is 19.1 Å². The molecule has 0 radical (unpaired) electrons. The quantitative estimate of drug-likeness (QED) is 0.557. The van der Waals surface area contributed by atoms with Gasteiger partial charge in [-0.25, -0.2) is 0 Å². The second-order valence-corrected chi connectivity index (χ2v) is 4.79.